The molecule has 0 saturated carbocycles. The number of nitro groups is 1. The van der Waals surface area contributed by atoms with Gasteiger partial charge in [-0.15, -0.1) is 0 Å². The van der Waals surface area contributed by atoms with Crippen LogP contribution in [0.4, 0.5) is 5.69 Å². The number of hydrogen-bond acceptors (Lipinski definition) is 9. The Labute approximate surface area is 252 Å². The van der Waals surface area contributed by atoms with E-state index < -0.39 is 22.8 Å². The number of ether oxygens (including phenoxy) is 2. The summed E-state index contributed by atoms with van der Waals surface area (Å²) >= 11 is 0. The summed E-state index contributed by atoms with van der Waals surface area (Å²) < 4.78 is 10.2. The Morgan fingerprint density at radius 2 is 1.45 bits per heavy atom. The largest absolute Gasteiger partial charge is 0.507 e. The lowest BCUT2D eigenvalue weighted by atomic mass is 9.80. The van der Waals surface area contributed by atoms with Crippen LogP contribution in [0, 0.1) is 10.1 Å². The summed E-state index contributed by atoms with van der Waals surface area (Å²) in [7, 11) is 2.91. The highest BCUT2D eigenvalue weighted by Gasteiger charge is 2.39. The number of para-hydroxylation sites is 1. The molecule has 0 amide bonds. The van der Waals surface area contributed by atoms with Crippen molar-refractivity contribution < 1.29 is 44.1 Å². The molecule has 0 aliphatic carbocycles. The van der Waals surface area contributed by atoms with Crippen LogP contribution >= 0.6 is 0 Å². The zero-order chi connectivity index (χ0) is 32.6. The number of dihydropyridines is 1. The Bertz CT molecular complexity index is 1650. The van der Waals surface area contributed by atoms with Gasteiger partial charge in [0.25, 0.3) is 5.69 Å². The van der Waals surface area contributed by atoms with Gasteiger partial charge in [-0.05, 0) is 25.5 Å². The highest BCUT2D eigenvalue weighted by atomic mass is 16.6. The number of ketones is 1. The van der Waals surface area contributed by atoms with E-state index in [0.29, 0.717) is 5.75 Å². The number of aliphatic carboxylic acids is 2. The van der Waals surface area contributed by atoms with Crippen molar-refractivity contribution in [2.45, 2.75) is 19.8 Å². The summed E-state index contributed by atoms with van der Waals surface area (Å²) in [6.45, 7) is 2.99. The number of hydrogen-bond donors (Lipinski definition) is 4. The third-order valence-corrected chi connectivity index (χ3v) is 6.65. The first-order valence-electron chi connectivity index (χ1n) is 13.0. The molecule has 44 heavy (non-hydrogen) atoms. The van der Waals surface area contributed by atoms with Crippen LogP contribution in [0.1, 0.15) is 41.3 Å². The number of carbonyl (C=O) groups excluding carboxylic acids is 1. The lowest BCUT2D eigenvalue weighted by molar-refractivity contribution is -0.385. The number of benzene rings is 3. The minimum atomic E-state index is -1.33. The second-order valence-corrected chi connectivity index (χ2v) is 9.39. The number of nitrogens with zero attached hydrogens (tertiary/aromatic N) is 1. The summed E-state index contributed by atoms with van der Waals surface area (Å²) in [5.41, 5.74) is 0.796. The topological polar surface area (TPSA) is 186 Å². The molecular weight excluding hydrogens is 572 g/mol. The number of rotatable bonds is 9. The van der Waals surface area contributed by atoms with Gasteiger partial charge in [0, 0.05) is 35.2 Å². The molecule has 3 aromatic rings. The van der Waals surface area contributed by atoms with Crippen LogP contribution in [-0.2, 0) is 9.59 Å². The van der Waals surface area contributed by atoms with Crippen molar-refractivity contribution >= 4 is 29.5 Å². The van der Waals surface area contributed by atoms with Crippen molar-refractivity contribution in [1.82, 2.24) is 5.32 Å². The van der Waals surface area contributed by atoms with Gasteiger partial charge >= 0.3 is 11.9 Å². The fraction of sp³-hybridized carbons (Fsp3) is 0.156. The minimum Gasteiger partial charge on any atom is -0.507 e. The molecule has 1 aliphatic rings. The monoisotopic (exact) mass is 602 g/mol. The predicted octanol–water partition coefficient (Wildman–Crippen LogP) is 5.30. The van der Waals surface area contributed by atoms with E-state index in [0.717, 1.165) is 5.56 Å². The van der Waals surface area contributed by atoms with E-state index in [1.807, 2.05) is 30.3 Å². The average Bonchev–Trinajstić information content (AvgIpc) is 2.99. The van der Waals surface area contributed by atoms with Gasteiger partial charge < -0.3 is 30.1 Å². The fourth-order valence-corrected chi connectivity index (χ4v) is 4.69. The first-order chi connectivity index (χ1) is 20.9. The molecule has 0 radical (unpaired) electrons. The molecule has 0 unspecified atom stereocenters. The second kappa shape index (κ2) is 14.3. The van der Waals surface area contributed by atoms with Crippen molar-refractivity contribution in [1.29, 1.82) is 0 Å². The van der Waals surface area contributed by atoms with E-state index in [1.165, 1.54) is 64.5 Å². The smallest absolute Gasteiger partial charge is 0.334 e. The Hall–Kier alpha value is -5.91. The quantitative estimate of drug-likeness (QED) is 0.108. The molecule has 3 aromatic carbocycles. The van der Waals surface area contributed by atoms with E-state index in [9.17, 15) is 39.8 Å². The molecule has 0 atom stereocenters. The highest BCUT2D eigenvalue weighted by molar-refractivity contribution is 6.10. The molecule has 1 aliphatic heterocycles. The lowest BCUT2D eigenvalue weighted by Gasteiger charge is -2.28. The first kappa shape index (κ1) is 32.6. The number of allylic oxidation sites excluding steroid dienone is 3. The summed E-state index contributed by atoms with van der Waals surface area (Å²) in [6.07, 6.45) is 3.09. The van der Waals surface area contributed by atoms with Gasteiger partial charge in [-0.1, -0.05) is 54.6 Å². The number of carboxylic acid groups (broad SMARTS) is 2. The molecule has 0 aromatic heterocycles. The highest BCUT2D eigenvalue weighted by Crippen LogP contribution is 2.41. The van der Waals surface area contributed by atoms with Crippen molar-refractivity contribution in [3.8, 4) is 17.2 Å². The molecule has 4 N–H and O–H groups in total. The summed E-state index contributed by atoms with van der Waals surface area (Å²) in [6, 6.07) is 17.9. The summed E-state index contributed by atoms with van der Waals surface area (Å²) in [4.78, 5) is 46.1. The van der Waals surface area contributed by atoms with Gasteiger partial charge in [0.2, 0.25) is 0 Å². The van der Waals surface area contributed by atoms with Crippen LogP contribution in [0.3, 0.4) is 0 Å². The van der Waals surface area contributed by atoms with Crippen LogP contribution in [-0.4, -0.2) is 52.2 Å². The number of aromatic hydroxyl groups is 1. The van der Waals surface area contributed by atoms with Crippen LogP contribution < -0.4 is 14.8 Å². The maximum Gasteiger partial charge on any atom is 0.334 e. The lowest BCUT2D eigenvalue weighted by Crippen LogP contribution is -2.31. The van der Waals surface area contributed by atoms with Crippen molar-refractivity contribution in [2.24, 2.45) is 0 Å². The number of methoxy groups -OCH3 is 2. The fourth-order valence-electron chi connectivity index (χ4n) is 4.69. The molecule has 0 saturated heterocycles. The molecule has 12 nitrogen and oxygen atoms in total. The van der Waals surface area contributed by atoms with Gasteiger partial charge in [0.1, 0.15) is 22.8 Å². The molecule has 0 fully saturated rings. The van der Waals surface area contributed by atoms with E-state index in [4.69, 9.17) is 9.47 Å². The Morgan fingerprint density at radius 3 is 1.98 bits per heavy atom. The Morgan fingerprint density at radius 1 is 0.886 bits per heavy atom. The zero-order valence-electron chi connectivity index (χ0n) is 24.2. The third-order valence-electron chi connectivity index (χ3n) is 6.65. The maximum absolute atomic E-state index is 12.3. The van der Waals surface area contributed by atoms with Crippen LogP contribution in [0.2, 0.25) is 0 Å². The summed E-state index contributed by atoms with van der Waals surface area (Å²) in [5, 5.41) is 42.9. The van der Waals surface area contributed by atoms with E-state index in [1.54, 1.807) is 12.1 Å². The van der Waals surface area contributed by atoms with Crippen molar-refractivity contribution in [2.75, 3.05) is 14.2 Å². The average molecular weight is 603 g/mol. The van der Waals surface area contributed by atoms with Crippen molar-refractivity contribution in [3.05, 3.63) is 122 Å². The molecule has 12 heteroatoms. The first-order valence-corrected chi connectivity index (χ1v) is 13.0. The van der Waals surface area contributed by atoms with Gasteiger partial charge in [0.15, 0.2) is 5.78 Å². The number of phenolic OH excluding ortho intramolecular Hbond substituents is 1. The van der Waals surface area contributed by atoms with Gasteiger partial charge in [-0.25, -0.2) is 9.59 Å². The minimum absolute atomic E-state index is 0.0347. The molecular formula is C32H30N2O10. The van der Waals surface area contributed by atoms with Gasteiger partial charge in [0.05, 0.1) is 36.2 Å². The number of nitrogens with one attached hydrogen (secondary N) is 1. The number of carbonyl (C=O) groups is 3. The van der Waals surface area contributed by atoms with Crippen LogP contribution in [0.15, 0.2) is 95.3 Å². The molecule has 1 heterocycles. The molecule has 228 valence electrons. The molecule has 0 bridgehead atoms. The van der Waals surface area contributed by atoms with E-state index in [-0.39, 0.29) is 56.6 Å². The van der Waals surface area contributed by atoms with Gasteiger partial charge in [-0.3, -0.25) is 14.9 Å². The normalized spacial score (nSPS) is 13.1. The maximum atomic E-state index is 12.3. The zero-order valence-corrected chi connectivity index (χ0v) is 24.2. The van der Waals surface area contributed by atoms with E-state index >= 15 is 0 Å². The Kier molecular flexibility index (Phi) is 10.6. The van der Waals surface area contributed by atoms with Crippen LogP contribution in [0.25, 0.3) is 6.08 Å². The second-order valence-electron chi connectivity index (χ2n) is 9.39. The summed E-state index contributed by atoms with van der Waals surface area (Å²) in [5.74, 6) is -3.70. The van der Waals surface area contributed by atoms with Crippen molar-refractivity contribution in [3.63, 3.8) is 0 Å². The predicted molar refractivity (Wildman–Crippen MR) is 161 cm³/mol. The number of phenols is 1. The standard InChI is InChI=1S/C17H16O4.C15H14N2O6/c1-20-13-10-15(19)17(16(11-13)21-2)14(18)9-8-12-6-4-3-5-7-12;1-7-11(14(18)19)13(12(15(20)21)8(2)16-7)9-5-3-4-6-10(9)17(22)23/h3-11,19H,1-2H3;3-6,13,16H,1-2H3,(H,18,19)(H,20,21). The van der Waals surface area contributed by atoms with Crippen LogP contribution in [0.5, 0.6) is 17.2 Å². The Balaban J connectivity index is 0.000000241. The van der Waals surface area contributed by atoms with E-state index in [2.05, 4.69) is 5.32 Å². The number of carboxylic acids is 2. The number of nitro benzene ring substituents is 1. The van der Waals surface area contributed by atoms with Gasteiger partial charge in [-0.2, -0.15) is 0 Å². The molecule has 0 spiro atoms. The third kappa shape index (κ3) is 7.29. The molecule has 4 rings (SSSR count). The SMILES string of the molecule is CC1=C(C(=O)O)C(c2ccccc2[N+](=O)[O-])C(C(=O)O)=C(C)N1.COc1cc(O)c(C(=O)C=Cc2ccccc2)c(OC)c1.